The Morgan fingerprint density at radius 2 is 1.83 bits per heavy atom. The molecule has 3 aromatic rings. The molecule has 0 saturated carbocycles. The van der Waals surface area contributed by atoms with Gasteiger partial charge in [-0.1, -0.05) is 65.8 Å². The van der Waals surface area contributed by atoms with Gasteiger partial charge in [0, 0.05) is 54.6 Å². The number of hydrogen-bond acceptors (Lipinski definition) is 6. The lowest BCUT2D eigenvalue weighted by Gasteiger charge is -2.19. The van der Waals surface area contributed by atoms with Crippen LogP contribution in [0.3, 0.4) is 0 Å². The summed E-state index contributed by atoms with van der Waals surface area (Å²) in [6, 6.07) is 8.17. The van der Waals surface area contributed by atoms with Gasteiger partial charge in [-0.3, -0.25) is 4.68 Å². The molecule has 3 N–H and O–H groups in total. The van der Waals surface area contributed by atoms with Crippen LogP contribution in [0, 0.1) is 0 Å². The van der Waals surface area contributed by atoms with Crippen molar-refractivity contribution >= 4 is 22.9 Å². The first-order valence-corrected chi connectivity index (χ1v) is 12.5. The zero-order valence-corrected chi connectivity index (χ0v) is 22.2. The first-order valence-electron chi connectivity index (χ1n) is 12.5. The maximum atomic E-state index is 4.59. The molecule has 35 heavy (non-hydrogen) atoms. The monoisotopic (exact) mass is 475 g/mol. The van der Waals surface area contributed by atoms with Crippen LogP contribution in [-0.2, 0) is 13.5 Å². The molecule has 0 aliphatic rings. The van der Waals surface area contributed by atoms with Crippen molar-refractivity contribution in [3.05, 3.63) is 66.8 Å². The van der Waals surface area contributed by atoms with Crippen molar-refractivity contribution in [2.75, 3.05) is 17.7 Å². The van der Waals surface area contributed by atoms with Crippen LogP contribution in [0.5, 0.6) is 0 Å². The third kappa shape index (κ3) is 7.44. The maximum Gasteiger partial charge on any atom is 0.181 e. The number of allylic oxidation sites excluding steroid dienone is 1. The summed E-state index contributed by atoms with van der Waals surface area (Å²) in [6.07, 6.45) is 8.83. The minimum Gasteiger partial charge on any atom is -0.388 e. The number of benzene rings is 1. The Morgan fingerprint density at radius 3 is 2.46 bits per heavy atom. The highest BCUT2D eigenvalue weighted by atomic mass is 15.3. The van der Waals surface area contributed by atoms with Gasteiger partial charge in [0.2, 0.25) is 0 Å². The molecule has 0 aliphatic heterocycles. The Hall–Kier alpha value is -3.61. The molecule has 0 fully saturated rings. The summed E-state index contributed by atoms with van der Waals surface area (Å²) in [5.74, 6) is 1.48. The fraction of sp³-hybridized carbons (Fsp3) is 0.393. The molecule has 7 heteroatoms. The third-order valence-electron chi connectivity index (χ3n) is 5.56. The summed E-state index contributed by atoms with van der Waals surface area (Å²) in [4.78, 5) is 9.04. The van der Waals surface area contributed by atoms with Gasteiger partial charge < -0.3 is 16.0 Å². The molecule has 0 amide bonds. The van der Waals surface area contributed by atoms with Crippen molar-refractivity contribution in [3.8, 4) is 11.4 Å². The molecule has 0 spiro atoms. The molecule has 7 nitrogen and oxygen atoms in total. The van der Waals surface area contributed by atoms with E-state index in [-0.39, 0.29) is 0 Å². The van der Waals surface area contributed by atoms with Crippen LogP contribution in [-0.4, -0.2) is 26.8 Å². The summed E-state index contributed by atoms with van der Waals surface area (Å²) in [7, 11) is 3.74. The van der Waals surface area contributed by atoms with E-state index in [2.05, 4.69) is 70.2 Å². The Labute approximate surface area is 210 Å². The van der Waals surface area contributed by atoms with Crippen molar-refractivity contribution in [2.24, 2.45) is 7.05 Å². The van der Waals surface area contributed by atoms with Gasteiger partial charge in [-0.25, -0.2) is 9.97 Å². The van der Waals surface area contributed by atoms with Gasteiger partial charge in [-0.15, -0.1) is 0 Å². The Kier molecular flexibility index (Phi) is 11.0. The van der Waals surface area contributed by atoms with Gasteiger partial charge >= 0.3 is 0 Å². The van der Waals surface area contributed by atoms with E-state index >= 15 is 0 Å². The first kappa shape index (κ1) is 27.6. The van der Waals surface area contributed by atoms with E-state index in [9.17, 15) is 0 Å². The first-order chi connectivity index (χ1) is 17.0. The van der Waals surface area contributed by atoms with Crippen LogP contribution in [0.4, 0.5) is 17.2 Å². The van der Waals surface area contributed by atoms with E-state index in [0.717, 1.165) is 70.4 Å². The number of rotatable bonds is 12. The normalized spacial score (nSPS) is 10.2. The lowest BCUT2D eigenvalue weighted by molar-refractivity contribution is 0.715. The average Bonchev–Trinajstić information content (AvgIpc) is 3.31. The fourth-order valence-corrected chi connectivity index (χ4v) is 3.74. The van der Waals surface area contributed by atoms with Crippen LogP contribution in [0.1, 0.15) is 64.5 Å². The zero-order chi connectivity index (χ0) is 25.8. The zero-order valence-electron chi connectivity index (χ0n) is 22.2. The Bertz CT molecular complexity index is 1110. The van der Waals surface area contributed by atoms with E-state index in [4.69, 9.17) is 0 Å². The fourth-order valence-electron chi connectivity index (χ4n) is 3.74. The summed E-state index contributed by atoms with van der Waals surface area (Å²) in [5.41, 5.74) is 6.76. The summed E-state index contributed by atoms with van der Waals surface area (Å²) >= 11 is 0. The number of hydrogen-bond donors (Lipinski definition) is 3. The van der Waals surface area contributed by atoms with Crippen LogP contribution < -0.4 is 16.0 Å². The molecule has 2 aromatic heterocycles. The van der Waals surface area contributed by atoms with Crippen molar-refractivity contribution < 1.29 is 0 Å². The smallest absolute Gasteiger partial charge is 0.181 e. The molecule has 3 rings (SSSR count). The molecule has 0 atom stereocenters. The molecule has 0 bridgehead atoms. The number of unbranched alkanes of at least 4 members (excludes halogenated alkanes) is 2. The summed E-state index contributed by atoms with van der Waals surface area (Å²) < 4.78 is 1.72. The van der Waals surface area contributed by atoms with Gasteiger partial charge in [0.05, 0.1) is 5.69 Å². The van der Waals surface area contributed by atoms with Gasteiger partial charge in [0.15, 0.2) is 5.82 Å². The number of aromatic nitrogens is 4. The molecule has 0 unspecified atom stereocenters. The second-order valence-electron chi connectivity index (χ2n) is 8.08. The van der Waals surface area contributed by atoms with Crippen molar-refractivity contribution in [1.82, 2.24) is 25.1 Å². The van der Waals surface area contributed by atoms with E-state index in [1.54, 1.807) is 11.0 Å². The highest BCUT2D eigenvalue weighted by molar-refractivity contribution is 5.81. The highest BCUT2D eigenvalue weighted by Crippen LogP contribution is 2.33. The number of nitrogens with zero attached hydrogens (tertiary/aromatic N) is 4. The SMILES string of the molecule is C=C(CCCCC)Nc1cc(Nc2cccc(-c3ncn(C)n3)c2CC)c(C(=C)NC)cn1.CC. The Morgan fingerprint density at radius 1 is 1.06 bits per heavy atom. The minimum absolute atomic E-state index is 0.721. The van der Waals surface area contributed by atoms with Gasteiger partial charge in [-0.05, 0) is 30.9 Å². The van der Waals surface area contributed by atoms with E-state index in [1.807, 2.05) is 46.3 Å². The predicted molar refractivity (Wildman–Crippen MR) is 150 cm³/mol. The minimum atomic E-state index is 0.721. The number of aryl methyl sites for hydroxylation is 1. The second-order valence-corrected chi connectivity index (χ2v) is 8.08. The molecule has 188 valence electrons. The number of anilines is 3. The van der Waals surface area contributed by atoms with Gasteiger partial charge in [0.25, 0.3) is 0 Å². The van der Waals surface area contributed by atoms with Crippen molar-refractivity contribution in [1.29, 1.82) is 0 Å². The second kappa shape index (κ2) is 13.9. The summed E-state index contributed by atoms with van der Waals surface area (Å²) in [6.45, 7) is 16.7. The van der Waals surface area contributed by atoms with Gasteiger partial charge in [-0.2, -0.15) is 5.10 Å². The quantitative estimate of drug-likeness (QED) is 0.247. The molecule has 0 aliphatic carbocycles. The van der Waals surface area contributed by atoms with Crippen LogP contribution in [0.2, 0.25) is 0 Å². The predicted octanol–water partition coefficient (Wildman–Crippen LogP) is 6.91. The third-order valence-corrected chi connectivity index (χ3v) is 5.56. The molecule has 1 aromatic carbocycles. The molecule has 2 heterocycles. The van der Waals surface area contributed by atoms with Crippen molar-refractivity contribution in [2.45, 2.75) is 59.8 Å². The number of nitrogens with one attached hydrogen (secondary N) is 3. The average molecular weight is 476 g/mol. The standard InChI is InChI=1S/C26H35N7.C2H6/c1-7-9-10-12-18(3)30-25-15-24(22(16-28-25)19(4)27-5)31-23-14-11-13-21(20(23)8-2)26-29-17-33(6)32-26;1-2/h11,13-17,27H,3-4,7-10,12H2,1-2,5-6H3,(H2,28,30,31);1-2H3. The molecular formula is C28H41N7. The highest BCUT2D eigenvalue weighted by Gasteiger charge is 2.15. The molecular weight excluding hydrogens is 434 g/mol. The number of pyridine rings is 1. The summed E-state index contributed by atoms with van der Waals surface area (Å²) in [5, 5.41) is 14.6. The lowest BCUT2D eigenvalue weighted by atomic mass is 10.0. The lowest BCUT2D eigenvalue weighted by Crippen LogP contribution is -2.09. The largest absolute Gasteiger partial charge is 0.388 e. The maximum absolute atomic E-state index is 4.59. The van der Waals surface area contributed by atoms with Crippen LogP contribution >= 0.6 is 0 Å². The van der Waals surface area contributed by atoms with Crippen LogP contribution in [0.15, 0.2) is 55.6 Å². The van der Waals surface area contributed by atoms with Crippen LogP contribution in [0.25, 0.3) is 17.1 Å². The molecule has 0 saturated heterocycles. The van der Waals surface area contributed by atoms with Crippen molar-refractivity contribution in [3.63, 3.8) is 0 Å². The Balaban J connectivity index is 0.00000210. The van der Waals surface area contributed by atoms with E-state index in [0.29, 0.717) is 0 Å². The topological polar surface area (TPSA) is 79.7 Å². The molecule has 0 radical (unpaired) electrons. The van der Waals surface area contributed by atoms with E-state index < -0.39 is 0 Å². The van der Waals surface area contributed by atoms with E-state index in [1.165, 1.54) is 12.8 Å². The van der Waals surface area contributed by atoms with Gasteiger partial charge in [0.1, 0.15) is 12.1 Å².